The highest BCUT2D eigenvalue weighted by molar-refractivity contribution is 7.12. The van der Waals surface area contributed by atoms with Crippen LogP contribution in [0, 0.1) is 5.92 Å². The van der Waals surface area contributed by atoms with E-state index in [1.54, 1.807) is 17.0 Å². The molecule has 168 valence electrons. The van der Waals surface area contributed by atoms with E-state index in [2.05, 4.69) is 24.5 Å². The molecule has 6 nitrogen and oxygen atoms in total. The number of hydrogen-bond acceptors (Lipinski definition) is 5. The summed E-state index contributed by atoms with van der Waals surface area (Å²) in [7, 11) is 0. The standard InChI is InChI=1S/C23H31N3O3S2/c1-16(2)11-12-26(20(27)15-24-22(28)19-10-6-14-31-19)21(18-9-5-13-30-18)23(29)25-17-7-3-4-8-17/h5-6,9-10,13-14,16-17,21H,3-4,7-8,11-12,15H2,1-2H3,(H,24,28)(H,25,29)/t21-/m0/s1. The minimum absolute atomic E-state index is 0.129. The first-order valence-electron chi connectivity index (χ1n) is 10.9. The van der Waals surface area contributed by atoms with Crippen molar-refractivity contribution in [1.29, 1.82) is 0 Å². The van der Waals surface area contributed by atoms with Crippen LogP contribution in [0.5, 0.6) is 0 Å². The lowest BCUT2D eigenvalue weighted by Crippen LogP contribution is -2.49. The van der Waals surface area contributed by atoms with Gasteiger partial charge in [-0.15, -0.1) is 22.7 Å². The Morgan fingerprint density at radius 2 is 1.81 bits per heavy atom. The molecular weight excluding hydrogens is 430 g/mol. The summed E-state index contributed by atoms with van der Waals surface area (Å²) in [6.07, 6.45) is 5.00. The second-order valence-corrected chi connectivity index (χ2v) is 10.3. The summed E-state index contributed by atoms with van der Waals surface area (Å²) in [5.74, 6) is -0.255. The normalized spacial score (nSPS) is 15.1. The van der Waals surface area contributed by atoms with Crippen LogP contribution in [-0.2, 0) is 9.59 Å². The fraction of sp³-hybridized carbons (Fsp3) is 0.522. The van der Waals surface area contributed by atoms with E-state index in [9.17, 15) is 14.4 Å². The van der Waals surface area contributed by atoms with Crippen LogP contribution in [0.3, 0.4) is 0 Å². The molecule has 0 saturated heterocycles. The number of rotatable bonds is 10. The maximum atomic E-state index is 13.3. The van der Waals surface area contributed by atoms with Gasteiger partial charge >= 0.3 is 0 Å². The van der Waals surface area contributed by atoms with Gasteiger partial charge in [-0.05, 0) is 48.1 Å². The molecule has 8 heteroatoms. The zero-order chi connectivity index (χ0) is 22.2. The topological polar surface area (TPSA) is 78.5 Å². The quantitative estimate of drug-likeness (QED) is 0.556. The molecule has 0 radical (unpaired) electrons. The van der Waals surface area contributed by atoms with E-state index in [1.807, 2.05) is 22.9 Å². The van der Waals surface area contributed by atoms with Crippen molar-refractivity contribution in [3.8, 4) is 0 Å². The van der Waals surface area contributed by atoms with Gasteiger partial charge in [-0.2, -0.15) is 0 Å². The molecule has 2 aromatic heterocycles. The van der Waals surface area contributed by atoms with Crippen molar-refractivity contribution in [3.63, 3.8) is 0 Å². The van der Waals surface area contributed by atoms with E-state index in [4.69, 9.17) is 0 Å². The van der Waals surface area contributed by atoms with Crippen molar-refractivity contribution in [2.24, 2.45) is 5.92 Å². The largest absolute Gasteiger partial charge is 0.351 e. The number of nitrogens with zero attached hydrogens (tertiary/aromatic N) is 1. The summed E-state index contributed by atoms with van der Waals surface area (Å²) in [6.45, 7) is 4.53. The molecule has 0 bridgehead atoms. The Morgan fingerprint density at radius 1 is 1.10 bits per heavy atom. The predicted molar refractivity (Wildman–Crippen MR) is 125 cm³/mol. The summed E-state index contributed by atoms with van der Waals surface area (Å²) in [5.41, 5.74) is 0. The summed E-state index contributed by atoms with van der Waals surface area (Å²) >= 11 is 2.81. The van der Waals surface area contributed by atoms with Crippen LogP contribution < -0.4 is 10.6 Å². The van der Waals surface area contributed by atoms with Crippen molar-refractivity contribution in [2.45, 2.75) is 58.0 Å². The maximum absolute atomic E-state index is 13.3. The molecule has 1 aliphatic carbocycles. The zero-order valence-electron chi connectivity index (χ0n) is 18.1. The third-order valence-corrected chi connectivity index (χ3v) is 7.28. The molecule has 1 atom stereocenters. The minimum atomic E-state index is -0.675. The van der Waals surface area contributed by atoms with E-state index >= 15 is 0 Å². The molecule has 0 spiro atoms. The lowest BCUT2D eigenvalue weighted by Gasteiger charge is -2.32. The predicted octanol–water partition coefficient (Wildman–Crippen LogP) is 4.21. The summed E-state index contributed by atoms with van der Waals surface area (Å²) in [4.78, 5) is 41.9. The SMILES string of the molecule is CC(C)CCN(C(=O)CNC(=O)c1cccs1)[C@H](C(=O)NC1CCCC1)c1cccs1. The number of carbonyl (C=O) groups excluding carboxylic acids is 3. The monoisotopic (exact) mass is 461 g/mol. The number of amides is 3. The van der Waals surface area contributed by atoms with Crippen molar-refractivity contribution < 1.29 is 14.4 Å². The lowest BCUT2D eigenvalue weighted by molar-refractivity contribution is -0.140. The van der Waals surface area contributed by atoms with E-state index < -0.39 is 6.04 Å². The summed E-state index contributed by atoms with van der Waals surface area (Å²) in [6, 6.07) is 6.84. The highest BCUT2D eigenvalue weighted by Crippen LogP contribution is 2.28. The van der Waals surface area contributed by atoms with Crippen LogP contribution in [0.15, 0.2) is 35.0 Å². The van der Waals surface area contributed by atoms with Crippen LogP contribution in [0.1, 0.15) is 66.5 Å². The average Bonchev–Trinajstić information content (AvgIpc) is 3.51. The molecular formula is C23H31N3O3S2. The van der Waals surface area contributed by atoms with Gasteiger partial charge in [0.25, 0.3) is 5.91 Å². The summed E-state index contributed by atoms with van der Waals surface area (Å²) in [5, 5.41) is 9.63. The third-order valence-electron chi connectivity index (χ3n) is 5.49. The Balaban J connectivity index is 1.76. The van der Waals surface area contributed by atoms with E-state index in [0.717, 1.165) is 37.0 Å². The van der Waals surface area contributed by atoms with Crippen LogP contribution >= 0.6 is 22.7 Å². The lowest BCUT2D eigenvalue weighted by atomic mass is 10.1. The van der Waals surface area contributed by atoms with Crippen molar-refractivity contribution in [1.82, 2.24) is 15.5 Å². The van der Waals surface area contributed by atoms with Gasteiger partial charge in [-0.1, -0.05) is 38.8 Å². The number of nitrogens with one attached hydrogen (secondary N) is 2. The number of hydrogen-bond donors (Lipinski definition) is 2. The van der Waals surface area contributed by atoms with E-state index in [0.29, 0.717) is 17.3 Å². The van der Waals surface area contributed by atoms with Gasteiger partial charge in [-0.3, -0.25) is 14.4 Å². The number of thiophene rings is 2. The van der Waals surface area contributed by atoms with E-state index in [1.165, 1.54) is 22.7 Å². The highest BCUT2D eigenvalue weighted by Gasteiger charge is 2.33. The fourth-order valence-corrected chi connectivity index (χ4v) is 5.24. The molecule has 31 heavy (non-hydrogen) atoms. The van der Waals surface area contributed by atoms with E-state index in [-0.39, 0.29) is 30.3 Å². The maximum Gasteiger partial charge on any atom is 0.261 e. The number of carbonyl (C=O) groups is 3. The second-order valence-electron chi connectivity index (χ2n) is 8.34. The highest BCUT2D eigenvalue weighted by atomic mass is 32.1. The Hall–Kier alpha value is -2.19. The van der Waals surface area contributed by atoms with Gasteiger partial charge in [-0.25, -0.2) is 0 Å². The third kappa shape index (κ3) is 6.64. The molecule has 3 rings (SSSR count). The molecule has 0 aromatic carbocycles. The molecule has 0 aliphatic heterocycles. The Bertz CT molecular complexity index is 844. The van der Waals surface area contributed by atoms with Crippen molar-refractivity contribution in [3.05, 3.63) is 44.8 Å². The summed E-state index contributed by atoms with van der Waals surface area (Å²) < 4.78 is 0. The van der Waals surface area contributed by atoms with Crippen molar-refractivity contribution >= 4 is 40.4 Å². The Kier molecular flexibility index (Phi) is 8.66. The van der Waals surface area contributed by atoms with Crippen LogP contribution in [0.25, 0.3) is 0 Å². The van der Waals surface area contributed by atoms with Crippen LogP contribution in [0.2, 0.25) is 0 Å². The first-order chi connectivity index (χ1) is 15.0. The Morgan fingerprint density at radius 3 is 2.42 bits per heavy atom. The molecule has 1 saturated carbocycles. The van der Waals surface area contributed by atoms with Gasteiger partial charge in [0.2, 0.25) is 11.8 Å². The van der Waals surface area contributed by atoms with Gasteiger partial charge in [0, 0.05) is 17.5 Å². The first kappa shape index (κ1) is 23.5. The molecule has 1 fully saturated rings. The van der Waals surface area contributed by atoms with Gasteiger partial charge in [0.1, 0.15) is 6.04 Å². The Labute approximate surface area is 192 Å². The van der Waals surface area contributed by atoms with Gasteiger partial charge in [0.15, 0.2) is 0 Å². The molecule has 2 heterocycles. The molecule has 2 N–H and O–H groups in total. The van der Waals surface area contributed by atoms with Crippen LogP contribution in [-0.4, -0.2) is 41.8 Å². The smallest absolute Gasteiger partial charge is 0.261 e. The van der Waals surface area contributed by atoms with Crippen molar-refractivity contribution in [2.75, 3.05) is 13.1 Å². The molecule has 3 amide bonds. The molecule has 0 unspecified atom stereocenters. The van der Waals surface area contributed by atoms with Gasteiger partial charge < -0.3 is 15.5 Å². The fourth-order valence-electron chi connectivity index (χ4n) is 3.77. The molecule has 2 aromatic rings. The first-order valence-corrected chi connectivity index (χ1v) is 12.7. The second kappa shape index (κ2) is 11.4. The molecule has 1 aliphatic rings. The van der Waals surface area contributed by atoms with Gasteiger partial charge in [0.05, 0.1) is 11.4 Å². The minimum Gasteiger partial charge on any atom is -0.351 e. The zero-order valence-corrected chi connectivity index (χ0v) is 19.8. The average molecular weight is 462 g/mol. The van der Waals surface area contributed by atoms with Crippen LogP contribution in [0.4, 0.5) is 0 Å².